The van der Waals surface area contributed by atoms with Gasteiger partial charge < -0.3 is 19.8 Å². The maximum Gasteiger partial charge on any atom is 0.252 e. The van der Waals surface area contributed by atoms with Gasteiger partial charge in [0.2, 0.25) is 5.56 Å². The molecule has 0 radical (unpaired) electrons. The van der Waals surface area contributed by atoms with Gasteiger partial charge in [0.15, 0.2) is 11.5 Å². The van der Waals surface area contributed by atoms with Crippen LogP contribution in [0.15, 0.2) is 41.3 Å². The van der Waals surface area contributed by atoms with Crippen molar-refractivity contribution in [2.24, 2.45) is 0 Å². The average molecular weight is 328 g/mol. The molecule has 0 saturated heterocycles. The van der Waals surface area contributed by atoms with Crippen molar-refractivity contribution in [3.8, 4) is 11.5 Å². The number of aromatic amines is 1. The Morgan fingerprint density at radius 3 is 2.92 bits per heavy atom. The number of ether oxygens (including phenoxy) is 2. The summed E-state index contributed by atoms with van der Waals surface area (Å²) in [4.78, 5) is 25.4. The van der Waals surface area contributed by atoms with E-state index in [-0.39, 0.29) is 17.1 Å². The van der Waals surface area contributed by atoms with E-state index in [0.29, 0.717) is 24.5 Å². The van der Waals surface area contributed by atoms with Crippen LogP contribution in [-0.4, -0.2) is 29.6 Å². The maximum atomic E-state index is 11.9. The molecule has 2 N–H and O–H groups in total. The molecule has 1 aromatic carbocycles. The molecule has 1 aliphatic heterocycles. The molecule has 0 unspecified atom stereocenters. The zero-order chi connectivity index (χ0) is 17.2. The largest absolute Gasteiger partial charge is 0.488 e. The molecule has 2 heterocycles. The van der Waals surface area contributed by atoms with Crippen LogP contribution in [-0.2, 0) is 6.42 Å². The summed E-state index contributed by atoms with van der Waals surface area (Å²) in [5.41, 5.74) is 1.08. The Hall–Kier alpha value is -2.76. The van der Waals surface area contributed by atoms with E-state index in [4.69, 9.17) is 9.47 Å². The van der Waals surface area contributed by atoms with Gasteiger partial charge in [-0.3, -0.25) is 9.59 Å². The molecular weight excluding hydrogens is 308 g/mol. The lowest BCUT2D eigenvalue weighted by atomic mass is 10.0. The smallest absolute Gasteiger partial charge is 0.252 e. The molecule has 3 rings (SSSR count). The van der Waals surface area contributed by atoms with Crippen LogP contribution in [0.25, 0.3) is 0 Å². The third-order valence-corrected chi connectivity index (χ3v) is 3.75. The van der Waals surface area contributed by atoms with Gasteiger partial charge in [0.1, 0.15) is 12.2 Å². The van der Waals surface area contributed by atoms with E-state index < -0.39 is 0 Å². The summed E-state index contributed by atoms with van der Waals surface area (Å²) >= 11 is 0. The number of pyridine rings is 1. The lowest BCUT2D eigenvalue weighted by Gasteiger charge is -2.18. The number of nitrogens with one attached hydrogen (secondary N) is 2. The molecule has 6 heteroatoms. The summed E-state index contributed by atoms with van der Waals surface area (Å²) in [7, 11) is 0. The van der Waals surface area contributed by atoms with Crippen molar-refractivity contribution in [1.29, 1.82) is 0 Å². The number of amides is 1. The zero-order valence-electron chi connectivity index (χ0n) is 13.7. The molecule has 0 saturated carbocycles. The third kappa shape index (κ3) is 3.59. The SMILES string of the molecule is CC1(C)Cc2cccc(OCCNC(=O)c3ccc(=O)[nH]c3)c2O1. The van der Waals surface area contributed by atoms with E-state index in [0.717, 1.165) is 17.7 Å². The van der Waals surface area contributed by atoms with Crippen LogP contribution in [0.4, 0.5) is 0 Å². The summed E-state index contributed by atoms with van der Waals surface area (Å²) in [6, 6.07) is 8.64. The molecule has 126 valence electrons. The Morgan fingerprint density at radius 2 is 2.17 bits per heavy atom. The Bertz CT molecular complexity index is 790. The molecule has 0 atom stereocenters. The van der Waals surface area contributed by atoms with E-state index >= 15 is 0 Å². The van der Waals surface area contributed by atoms with Gasteiger partial charge in [-0.25, -0.2) is 0 Å². The number of fused-ring (bicyclic) bond motifs is 1. The number of hydrogen-bond donors (Lipinski definition) is 2. The van der Waals surface area contributed by atoms with Crippen molar-refractivity contribution < 1.29 is 14.3 Å². The van der Waals surface area contributed by atoms with Crippen LogP contribution >= 0.6 is 0 Å². The van der Waals surface area contributed by atoms with Gasteiger partial charge in [-0.1, -0.05) is 12.1 Å². The number of carbonyl (C=O) groups excluding carboxylic acids is 1. The number of benzene rings is 1. The molecule has 6 nitrogen and oxygen atoms in total. The van der Waals surface area contributed by atoms with Crippen LogP contribution in [0, 0.1) is 0 Å². The molecular formula is C18H20N2O4. The van der Waals surface area contributed by atoms with Gasteiger partial charge in [0.05, 0.1) is 12.1 Å². The van der Waals surface area contributed by atoms with E-state index in [1.165, 1.54) is 18.3 Å². The Morgan fingerprint density at radius 1 is 1.33 bits per heavy atom. The fourth-order valence-corrected chi connectivity index (χ4v) is 2.68. The van der Waals surface area contributed by atoms with Crippen molar-refractivity contribution in [1.82, 2.24) is 10.3 Å². The number of H-pyrrole nitrogens is 1. The average Bonchev–Trinajstić information content (AvgIpc) is 2.86. The second kappa shape index (κ2) is 6.39. The third-order valence-electron chi connectivity index (χ3n) is 3.75. The van der Waals surface area contributed by atoms with Crippen LogP contribution in [0.5, 0.6) is 11.5 Å². The minimum atomic E-state index is -0.259. The highest BCUT2D eigenvalue weighted by molar-refractivity contribution is 5.93. The summed E-state index contributed by atoms with van der Waals surface area (Å²) in [6.07, 6.45) is 2.24. The highest BCUT2D eigenvalue weighted by atomic mass is 16.5. The monoisotopic (exact) mass is 328 g/mol. The highest BCUT2D eigenvalue weighted by Gasteiger charge is 2.32. The van der Waals surface area contributed by atoms with Crippen LogP contribution in [0.1, 0.15) is 29.8 Å². The minimum Gasteiger partial charge on any atom is -0.488 e. The molecule has 1 aromatic heterocycles. The zero-order valence-corrected chi connectivity index (χ0v) is 13.7. The maximum absolute atomic E-state index is 11.9. The fraction of sp³-hybridized carbons (Fsp3) is 0.333. The van der Waals surface area contributed by atoms with E-state index in [2.05, 4.69) is 10.3 Å². The molecule has 2 aromatic rings. The van der Waals surface area contributed by atoms with Gasteiger partial charge in [-0.15, -0.1) is 0 Å². The second-order valence-electron chi connectivity index (χ2n) is 6.33. The number of carbonyl (C=O) groups is 1. The van der Waals surface area contributed by atoms with Gasteiger partial charge in [0.25, 0.3) is 5.91 Å². The molecule has 0 spiro atoms. The minimum absolute atomic E-state index is 0.222. The lowest BCUT2D eigenvalue weighted by Crippen LogP contribution is -2.28. The van der Waals surface area contributed by atoms with Crippen molar-refractivity contribution in [2.75, 3.05) is 13.2 Å². The number of hydrogen-bond acceptors (Lipinski definition) is 4. The Kier molecular flexibility index (Phi) is 4.29. The van der Waals surface area contributed by atoms with E-state index in [1.807, 2.05) is 32.0 Å². The van der Waals surface area contributed by atoms with Crippen LogP contribution < -0.4 is 20.3 Å². The van der Waals surface area contributed by atoms with Gasteiger partial charge in [-0.2, -0.15) is 0 Å². The first-order chi connectivity index (χ1) is 11.4. The Balaban J connectivity index is 1.53. The predicted octanol–water partition coefficient (Wildman–Crippen LogP) is 1.90. The first-order valence-corrected chi connectivity index (χ1v) is 7.85. The lowest BCUT2D eigenvalue weighted by molar-refractivity contribution is 0.0946. The highest BCUT2D eigenvalue weighted by Crippen LogP contribution is 2.41. The van der Waals surface area contributed by atoms with E-state index in [9.17, 15) is 9.59 Å². The van der Waals surface area contributed by atoms with Gasteiger partial charge in [-0.05, 0) is 26.0 Å². The summed E-state index contributed by atoms with van der Waals surface area (Å²) in [6.45, 7) is 4.77. The topological polar surface area (TPSA) is 80.4 Å². The normalized spacial score (nSPS) is 14.6. The summed E-state index contributed by atoms with van der Waals surface area (Å²) in [5, 5.41) is 2.75. The van der Waals surface area contributed by atoms with Crippen LogP contribution in [0.2, 0.25) is 0 Å². The fourth-order valence-electron chi connectivity index (χ4n) is 2.68. The van der Waals surface area contributed by atoms with Gasteiger partial charge >= 0.3 is 0 Å². The van der Waals surface area contributed by atoms with Crippen LogP contribution in [0.3, 0.4) is 0 Å². The first kappa shape index (κ1) is 16.1. The van der Waals surface area contributed by atoms with Crippen molar-refractivity contribution >= 4 is 5.91 Å². The van der Waals surface area contributed by atoms with Crippen molar-refractivity contribution in [2.45, 2.75) is 25.9 Å². The van der Waals surface area contributed by atoms with Crippen molar-refractivity contribution in [3.05, 3.63) is 58.0 Å². The molecule has 0 fully saturated rings. The molecule has 1 aliphatic rings. The Labute approximate surface area is 139 Å². The molecule has 1 amide bonds. The molecule has 24 heavy (non-hydrogen) atoms. The summed E-state index contributed by atoms with van der Waals surface area (Å²) < 4.78 is 11.7. The van der Waals surface area contributed by atoms with Crippen molar-refractivity contribution in [3.63, 3.8) is 0 Å². The predicted molar refractivity (Wildman–Crippen MR) is 89.7 cm³/mol. The van der Waals surface area contributed by atoms with E-state index in [1.54, 1.807) is 0 Å². The summed E-state index contributed by atoms with van der Waals surface area (Å²) in [5.74, 6) is 1.22. The standard InChI is InChI=1S/C18H20N2O4/c1-18(2)10-12-4-3-5-14(16(12)24-18)23-9-8-19-17(22)13-6-7-15(21)20-11-13/h3-7,11H,8-10H2,1-2H3,(H,19,22)(H,20,21). The quantitative estimate of drug-likeness (QED) is 0.822. The number of para-hydroxylation sites is 1. The first-order valence-electron chi connectivity index (χ1n) is 7.85. The number of rotatable bonds is 5. The second-order valence-corrected chi connectivity index (χ2v) is 6.33. The number of aromatic nitrogens is 1. The van der Waals surface area contributed by atoms with Gasteiger partial charge in [0, 0.05) is 24.2 Å². The molecule has 0 aliphatic carbocycles. The molecule has 0 bridgehead atoms.